The summed E-state index contributed by atoms with van der Waals surface area (Å²) in [6, 6.07) is 5.00. The van der Waals surface area contributed by atoms with Crippen LogP contribution in [0.3, 0.4) is 0 Å². The molecule has 0 spiro atoms. The van der Waals surface area contributed by atoms with Crippen molar-refractivity contribution in [2.24, 2.45) is 0 Å². The van der Waals surface area contributed by atoms with Crippen molar-refractivity contribution in [3.8, 4) is 11.5 Å². The van der Waals surface area contributed by atoms with Gasteiger partial charge < -0.3 is 14.2 Å². The molecular formula is C12H15ClO4. The van der Waals surface area contributed by atoms with Crippen molar-refractivity contribution in [1.82, 2.24) is 0 Å². The van der Waals surface area contributed by atoms with Crippen LogP contribution in [0.1, 0.15) is 10.4 Å². The van der Waals surface area contributed by atoms with Crippen molar-refractivity contribution in [1.29, 1.82) is 0 Å². The number of halogens is 1. The standard InChI is InChI=1S/C12H15ClO4/c1-15-12-8-10(9-14)2-3-11(12)17-7-6-16-5-4-13/h2-3,8-9H,4-7H2,1H3. The number of ether oxygens (including phenoxy) is 3. The van der Waals surface area contributed by atoms with Gasteiger partial charge >= 0.3 is 0 Å². The van der Waals surface area contributed by atoms with E-state index in [1.165, 1.54) is 7.11 Å². The molecule has 0 aliphatic rings. The maximum absolute atomic E-state index is 10.6. The molecule has 0 fully saturated rings. The first-order chi connectivity index (χ1) is 8.31. The normalized spacial score (nSPS) is 10.0. The summed E-state index contributed by atoms with van der Waals surface area (Å²) < 4.78 is 15.8. The maximum Gasteiger partial charge on any atom is 0.161 e. The first-order valence-corrected chi connectivity index (χ1v) is 5.75. The van der Waals surface area contributed by atoms with Crippen LogP contribution in [-0.4, -0.2) is 39.1 Å². The number of aldehydes is 1. The Bertz CT molecular complexity index is 354. The molecule has 0 radical (unpaired) electrons. The van der Waals surface area contributed by atoms with Crippen LogP contribution in [0.4, 0.5) is 0 Å². The Morgan fingerprint density at radius 1 is 1.24 bits per heavy atom. The summed E-state index contributed by atoms with van der Waals surface area (Å²) in [5.41, 5.74) is 0.549. The Morgan fingerprint density at radius 3 is 2.71 bits per heavy atom. The van der Waals surface area contributed by atoms with Gasteiger partial charge in [0.05, 0.1) is 20.3 Å². The summed E-state index contributed by atoms with van der Waals surface area (Å²) in [5.74, 6) is 1.59. The van der Waals surface area contributed by atoms with Gasteiger partial charge in [0.25, 0.3) is 0 Å². The molecule has 0 heterocycles. The van der Waals surface area contributed by atoms with Gasteiger partial charge in [-0.2, -0.15) is 0 Å². The summed E-state index contributed by atoms with van der Waals surface area (Å²) in [4.78, 5) is 10.6. The van der Waals surface area contributed by atoms with Crippen molar-refractivity contribution < 1.29 is 19.0 Å². The molecule has 4 nitrogen and oxygen atoms in total. The molecule has 0 bridgehead atoms. The van der Waals surface area contributed by atoms with Crippen LogP contribution in [0.25, 0.3) is 0 Å². The topological polar surface area (TPSA) is 44.8 Å². The Balaban J connectivity index is 2.49. The molecule has 0 amide bonds. The van der Waals surface area contributed by atoms with Crippen molar-refractivity contribution in [2.75, 3.05) is 32.8 Å². The zero-order valence-corrected chi connectivity index (χ0v) is 10.4. The number of hydrogen-bond donors (Lipinski definition) is 0. The van der Waals surface area contributed by atoms with E-state index in [-0.39, 0.29) is 0 Å². The molecule has 1 aromatic rings. The number of methoxy groups -OCH3 is 1. The van der Waals surface area contributed by atoms with E-state index in [4.69, 9.17) is 25.8 Å². The van der Waals surface area contributed by atoms with Gasteiger partial charge in [-0.25, -0.2) is 0 Å². The number of alkyl halides is 1. The summed E-state index contributed by atoms with van der Waals surface area (Å²) in [6.45, 7) is 1.38. The van der Waals surface area contributed by atoms with E-state index in [1.807, 2.05) is 0 Å². The highest BCUT2D eigenvalue weighted by atomic mass is 35.5. The van der Waals surface area contributed by atoms with Gasteiger partial charge in [-0.3, -0.25) is 4.79 Å². The molecule has 5 heteroatoms. The lowest BCUT2D eigenvalue weighted by Crippen LogP contribution is -2.08. The third-order valence-electron chi connectivity index (χ3n) is 2.03. The number of benzene rings is 1. The fourth-order valence-corrected chi connectivity index (χ4v) is 1.35. The SMILES string of the molecule is COc1cc(C=O)ccc1OCCOCCCl. The smallest absolute Gasteiger partial charge is 0.161 e. The minimum absolute atomic E-state index is 0.410. The quantitative estimate of drug-likeness (QED) is 0.407. The van der Waals surface area contributed by atoms with Gasteiger partial charge in [-0.1, -0.05) is 0 Å². The maximum atomic E-state index is 10.6. The van der Waals surface area contributed by atoms with Gasteiger partial charge in [-0.05, 0) is 18.2 Å². The molecule has 1 aromatic carbocycles. The molecule has 0 aliphatic carbocycles. The Morgan fingerprint density at radius 2 is 2.06 bits per heavy atom. The minimum atomic E-state index is 0.410. The molecule has 1 rings (SSSR count). The lowest BCUT2D eigenvalue weighted by molar-refractivity contribution is 0.110. The average Bonchev–Trinajstić information content (AvgIpc) is 2.38. The highest BCUT2D eigenvalue weighted by Crippen LogP contribution is 2.27. The van der Waals surface area contributed by atoms with Gasteiger partial charge in [0.1, 0.15) is 12.9 Å². The molecule has 0 saturated carbocycles. The summed E-state index contributed by atoms with van der Waals surface area (Å²) in [7, 11) is 1.53. The van der Waals surface area contributed by atoms with Gasteiger partial charge in [0.15, 0.2) is 11.5 Å². The molecule has 17 heavy (non-hydrogen) atoms. The number of hydrogen-bond acceptors (Lipinski definition) is 4. The lowest BCUT2D eigenvalue weighted by atomic mass is 10.2. The second-order valence-electron chi connectivity index (χ2n) is 3.18. The Hall–Kier alpha value is -1.26. The third kappa shape index (κ3) is 4.63. The highest BCUT2D eigenvalue weighted by molar-refractivity contribution is 6.17. The van der Waals surface area contributed by atoms with Crippen LogP contribution in [-0.2, 0) is 4.74 Å². The second-order valence-corrected chi connectivity index (χ2v) is 3.56. The van der Waals surface area contributed by atoms with E-state index in [2.05, 4.69) is 0 Å². The van der Waals surface area contributed by atoms with Crippen LogP contribution in [0, 0.1) is 0 Å². The largest absolute Gasteiger partial charge is 0.493 e. The Kier molecular flexibility index (Phi) is 6.43. The fourth-order valence-electron chi connectivity index (χ4n) is 1.24. The predicted octanol–water partition coefficient (Wildman–Crippen LogP) is 2.14. The minimum Gasteiger partial charge on any atom is -0.493 e. The van der Waals surface area contributed by atoms with Gasteiger partial charge in [0, 0.05) is 11.4 Å². The first-order valence-electron chi connectivity index (χ1n) is 5.21. The van der Waals surface area contributed by atoms with Crippen molar-refractivity contribution in [3.63, 3.8) is 0 Å². The predicted molar refractivity (Wildman–Crippen MR) is 65.4 cm³/mol. The number of carbonyl (C=O) groups is 1. The molecule has 0 atom stereocenters. The monoisotopic (exact) mass is 258 g/mol. The summed E-state index contributed by atoms with van der Waals surface area (Å²) >= 11 is 5.46. The van der Waals surface area contributed by atoms with Crippen molar-refractivity contribution in [3.05, 3.63) is 23.8 Å². The molecule has 94 valence electrons. The van der Waals surface area contributed by atoms with Crippen LogP contribution < -0.4 is 9.47 Å². The van der Waals surface area contributed by atoms with Crippen LogP contribution in [0.15, 0.2) is 18.2 Å². The summed E-state index contributed by atoms with van der Waals surface area (Å²) in [6.07, 6.45) is 0.760. The second kappa shape index (κ2) is 7.92. The van der Waals surface area contributed by atoms with Gasteiger partial charge in [0.2, 0.25) is 0 Å². The first kappa shape index (κ1) is 13.8. The van der Waals surface area contributed by atoms with E-state index in [0.29, 0.717) is 42.8 Å². The molecular weight excluding hydrogens is 244 g/mol. The molecule has 0 aromatic heterocycles. The van der Waals surface area contributed by atoms with Crippen LogP contribution in [0.2, 0.25) is 0 Å². The van der Waals surface area contributed by atoms with Crippen molar-refractivity contribution >= 4 is 17.9 Å². The molecule has 0 aliphatic heterocycles. The molecule has 0 unspecified atom stereocenters. The molecule has 0 saturated heterocycles. The summed E-state index contributed by atoms with van der Waals surface area (Å²) in [5, 5.41) is 0. The zero-order valence-electron chi connectivity index (χ0n) is 9.65. The molecule has 0 N–H and O–H groups in total. The van der Waals surface area contributed by atoms with E-state index >= 15 is 0 Å². The third-order valence-corrected chi connectivity index (χ3v) is 2.18. The average molecular weight is 259 g/mol. The number of carbonyl (C=O) groups excluding carboxylic acids is 1. The van der Waals surface area contributed by atoms with Crippen molar-refractivity contribution in [2.45, 2.75) is 0 Å². The van der Waals surface area contributed by atoms with Crippen LogP contribution >= 0.6 is 11.6 Å². The van der Waals surface area contributed by atoms with Gasteiger partial charge in [-0.15, -0.1) is 11.6 Å². The Labute approximate surface area is 105 Å². The zero-order chi connectivity index (χ0) is 12.5. The lowest BCUT2D eigenvalue weighted by Gasteiger charge is -2.10. The van der Waals surface area contributed by atoms with E-state index in [9.17, 15) is 4.79 Å². The number of rotatable bonds is 8. The highest BCUT2D eigenvalue weighted by Gasteiger charge is 2.05. The van der Waals surface area contributed by atoms with E-state index < -0.39 is 0 Å². The van der Waals surface area contributed by atoms with E-state index in [0.717, 1.165) is 6.29 Å². The van der Waals surface area contributed by atoms with Crippen LogP contribution in [0.5, 0.6) is 11.5 Å². The van der Waals surface area contributed by atoms with E-state index in [1.54, 1.807) is 18.2 Å². The fraction of sp³-hybridized carbons (Fsp3) is 0.417.